The fourth-order valence-electron chi connectivity index (χ4n) is 1.41. The van der Waals surface area contributed by atoms with Crippen LogP contribution in [0.2, 0.25) is 0 Å². The predicted octanol–water partition coefficient (Wildman–Crippen LogP) is 5.03. The van der Waals surface area contributed by atoms with Crippen LogP contribution in [-0.4, -0.2) is 0 Å². The quantitative estimate of drug-likeness (QED) is 0.571. The number of benzene rings is 2. The molecule has 0 heterocycles. The Labute approximate surface area is 116 Å². The summed E-state index contributed by atoms with van der Waals surface area (Å²) in [5.41, 5.74) is 1.45. The molecule has 0 saturated heterocycles. The first-order valence-corrected chi connectivity index (χ1v) is 6.44. The Morgan fingerprint density at radius 2 is 1.12 bits per heavy atom. The van der Waals surface area contributed by atoms with Crippen molar-refractivity contribution in [3.05, 3.63) is 62.4 Å². The number of rotatable bonds is 3. The van der Waals surface area contributed by atoms with Crippen LogP contribution in [0, 0.1) is 4.91 Å². The SMILES string of the molecule is O=NN(c1ccc(Br)cc1)c1ccc(Br)cc1. The number of anilines is 2. The van der Waals surface area contributed by atoms with Gasteiger partial charge in [0.05, 0.1) is 16.7 Å². The lowest BCUT2D eigenvalue weighted by Gasteiger charge is -2.15. The van der Waals surface area contributed by atoms with Crippen molar-refractivity contribution in [3.8, 4) is 0 Å². The van der Waals surface area contributed by atoms with Gasteiger partial charge in [-0.2, -0.15) is 5.01 Å². The second-order valence-electron chi connectivity index (χ2n) is 3.35. The van der Waals surface area contributed by atoms with Crippen LogP contribution in [0.3, 0.4) is 0 Å². The molecule has 0 spiro atoms. The number of hydrogen-bond donors (Lipinski definition) is 0. The third-order valence-corrected chi connectivity index (χ3v) is 3.28. The molecule has 2 rings (SSSR count). The summed E-state index contributed by atoms with van der Waals surface area (Å²) in [5.74, 6) is 0. The van der Waals surface area contributed by atoms with Gasteiger partial charge in [0, 0.05) is 8.95 Å². The molecule has 0 aromatic heterocycles. The topological polar surface area (TPSA) is 32.7 Å². The highest BCUT2D eigenvalue weighted by atomic mass is 79.9. The second kappa shape index (κ2) is 5.42. The van der Waals surface area contributed by atoms with E-state index in [-0.39, 0.29) is 0 Å². The molecule has 17 heavy (non-hydrogen) atoms. The van der Waals surface area contributed by atoms with Gasteiger partial charge in [-0.3, -0.25) is 0 Å². The van der Waals surface area contributed by atoms with Crippen molar-refractivity contribution in [2.75, 3.05) is 5.01 Å². The lowest BCUT2D eigenvalue weighted by Crippen LogP contribution is -2.06. The Hall–Kier alpha value is -1.20. The van der Waals surface area contributed by atoms with E-state index in [0.29, 0.717) is 0 Å². The van der Waals surface area contributed by atoms with Crippen molar-refractivity contribution in [3.63, 3.8) is 0 Å². The van der Waals surface area contributed by atoms with E-state index < -0.39 is 0 Å². The van der Waals surface area contributed by atoms with Crippen LogP contribution in [0.25, 0.3) is 0 Å². The van der Waals surface area contributed by atoms with Gasteiger partial charge in [0.1, 0.15) is 0 Å². The minimum absolute atomic E-state index is 0.727. The molecule has 0 aliphatic carbocycles. The average molecular weight is 356 g/mol. The second-order valence-corrected chi connectivity index (χ2v) is 5.18. The van der Waals surface area contributed by atoms with Crippen LogP contribution < -0.4 is 5.01 Å². The summed E-state index contributed by atoms with van der Waals surface area (Å²) in [6.07, 6.45) is 0. The zero-order valence-corrected chi connectivity index (χ0v) is 11.8. The van der Waals surface area contributed by atoms with E-state index in [4.69, 9.17) is 0 Å². The number of halogens is 2. The summed E-state index contributed by atoms with van der Waals surface area (Å²) in [6, 6.07) is 14.8. The molecule has 0 fully saturated rings. The van der Waals surface area contributed by atoms with Gasteiger partial charge in [-0.15, -0.1) is 4.91 Å². The molecule has 0 atom stereocenters. The highest BCUT2D eigenvalue weighted by Crippen LogP contribution is 2.27. The molecule has 0 aliphatic heterocycles. The van der Waals surface area contributed by atoms with Crippen molar-refractivity contribution < 1.29 is 0 Å². The predicted molar refractivity (Wildman–Crippen MR) is 76.2 cm³/mol. The van der Waals surface area contributed by atoms with Crippen molar-refractivity contribution in [2.45, 2.75) is 0 Å². The smallest absolute Gasteiger partial charge is 0.0685 e. The highest BCUT2D eigenvalue weighted by Gasteiger charge is 2.08. The maximum Gasteiger partial charge on any atom is 0.0685 e. The molecular weight excluding hydrogens is 348 g/mol. The molecular formula is C12H8Br2N2O. The Morgan fingerprint density at radius 3 is 1.41 bits per heavy atom. The van der Waals surface area contributed by atoms with Crippen LogP contribution in [0.1, 0.15) is 0 Å². The monoisotopic (exact) mass is 354 g/mol. The van der Waals surface area contributed by atoms with Gasteiger partial charge in [-0.1, -0.05) is 31.9 Å². The lowest BCUT2D eigenvalue weighted by atomic mass is 10.2. The summed E-state index contributed by atoms with van der Waals surface area (Å²) < 4.78 is 1.92. The van der Waals surface area contributed by atoms with Crippen molar-refractivity contribution >= 4 is 43.2 Å². The zero-order valence-electron chi connectivity index (χ0n) is 8.68. The molecule has 0 N–H and O–H groups in total. The minimum atomic E-state index is 0.727. The summed E-state index contributed by atoms with van der Waals surface area (Å²) in [6.45, 7) is 0. The fourth-order valence-corrected chi connectivity index (χ4v) is 1.94. The van der Waals surface area contributed by atoms with E-state index in [1.165, 1.54) is 5.01 Å². The fraction of sp³-hybridized carbons (Fsp3) is 0. The largest absolute Gasteiger partial charge is 0.197 e. The maximum absolute atomic E-state index is 10.9. The number of hydrogen-bond acceptors (Lipinski definition) is 2. The van der Waals surface area contributed by atoms with Crippen LogP contribution in [0.15, 0.2) is 62.8 Å². The van der Waals surface area contributed by atoms with E-state index in [1.807, 2.05) is 48.5 Å². The minimum Gasteiger partial charge on any atom is -0.197 e. The first-order valence-electron chi connectivity index (χ1n) is 4.85. The Morgan fingerprint density at radius 1 is 0.765 bits per heavy atom. The molecule has 0 radical (unpaired) electrons. The van der Waals surface area contributed by atoms with Crippen molar-refractivity contribution in [1.82, 2.24) is 0 Å². The first kappa shape index (κ1) is 12.3. The van der Waals surface area contributed by atoms with E-state index >= 15 is 0 Å². The Kier molecular flexibility index (Phi) is 3.91. The maximum atomic E-state index is 10.9. The van der Waals surface area contributed by atoms with E-state index in [9.17, 15) is 4.91 Å². The van der Waals surface area contributed by atoms with Gasteiger partial charge < -0.3 is 0 Å². The molecule has 86 valence electrons. The summed E-state index contributed by atoms with van der Waals surface area (Å²) in [7, 11) is 0. The van der Waals surface area contributed by atoms with E-state index in [0.717, 1.165) is 20.3 Å². The highest BCUT2D eigenvalue weighted by molar-refractivity contribution is 9.10. The Balaban J connectivity index is 2.36. The molecule has 0 aliphatic rings. The first-order chi connectivity index (χ1) is 8.20. The molecule has 2 aromatic carbocycles. The number of nitroso groups, excluding NO2 is 1. The zero-order chi connectivity index (χ0) is 12.3. The van der Waals surface area contributed by atoms with Crippen molar-refractivity contribution in [1.29, 1.82) is 0 Å². The van der Waals surface area contributed by atoms with Crippen LogP contribution in [-0.2, 0) is 0 Å². The Bertz CT molecular complexity index is 466. The summed E-state index contributed by atoms with van der Waals surface area (Å²) in [5, 5.41) is 4.39. The molecule has 3 nitrogen and oxygen atoms in total. The van der Waals surface area contributed by atoms with Crippen LogP contribution in [0.5, 0.6) is 0 Å². The lowest BCUT2D eigenvalue weighted by molar-refractivity contribution is 1.07. The summed E-state index contributed by atoms with van der Waals surface area (Å²) in [4.78, 5) is 10.9. The van der Waals surface area contributed by atoms with Gasteiger partial charge >= 0.3 is 0 Å². The van der Waals surface area contributed by atoms with Gasteiger partial charge in [0.2, 0.25) is 0 Å². The van der Waals surface area contributed by atoms with Gasteiger partial charge in [0.15, 0.2) is 0 Å². The normalized spacial score (nSPS) is 10.0. The van der Waals surface area contributed by atoms with Crippen LogP contribution >= 0.6 is 31.9 Å². The average Bonchev–Trinajstić information content (AvgIpc) is 2.35. The van der Waals surface area contributed by atoms with Crippen molar-refractivity contribution in [2.24, 2.45) is 5.29 Å². The molecule has 0 bridgehead atoms. The third-order valence-electron chi connectivity index (χ3n) is 2.22. The standard InChI is InChI=1S/C12H8Br2N2O/c13-9-1-5-11(6-2-9)16(15-17)12-7-3-10(14)4-8-12/h1-8H. The molecule has 5 heteroatoms. The van der Waals surface area contributed by atoms with Gasteiger partial charge in [0.25, 0.3) is 0 Å². The molecule has 0 saturated carbocycles. The molecule has 0 amide bonds. The number of nitrogens with zero attached hydrogens (tertiary/aromatic N) is 2. The molecule has 0 unspecified atom stereocenters. The van der Waals surface area contributed by atoms with Crippen LogP contribution in [0.4, 0.5) is 11.4 Å². The van der Waals surface area contributed by atoms with Gasteiger partial charge in [-0.05, 0) is 48.5 Å². The third kappa shape index (κ3) is 2.92. The van der Waals surface area contributed by atoms with Gasteiger partial charge in [-0.25, -0.2) is 0 Å². The van der Waals surface area contributed by atoms with E-state index in [1.54, 1.807) is 0 Å². The summed E-state index contributed by atoms with van der Waals surface area (Å²) >= 11 is 6.70. The van der Waals surface area contributed by atoms with E-state index in [2.05, 4.69) is 37.1 Å². The molecule has 2 aromatic rings.